The monoisotopic (exact) mass is 128 g/mol. The van der Waals surface area contributed by atoms with Gasteiger partial charge in [0.1, 0.15) is 0 Å². The van der Waals surface area contributed by atoms with Gasteiger partial charge in [-0.05, 0) is 23.2 Å². The second-order valence-corrected chi connectivity index (χ2v) is 1.11. The molecule has 0 rings (SSSR count). The van der Waals surface area contributed by atoms with Crippen molar-refractivity contribution in [3.8, 4) is 0 Å². The summed E-state index contributed by atoms with van der Waals surface area (Å²) in [5.41, 5.74) is 0. The van der Waals surface area contributed by atoms with Crippen molar-refractivity contribution in [2.45, 2.75) is 0 Å². The molecule has 1 nitrogen and oxygen atoms in total. The van der Waals surface area contributed by atoms with Gasteiger partial charge in [-0.25, -0.2) is 0 Å². The van der Waals surface area contributed by atoms with Gasteiger partial charge < -0.3 is 0 Å². The summed E-state index contributed by atoms with van der Waals surface area (Å²) in [6.07, 6.45) is 0. The van der Waals surface area contributed by atoms with Crippen LogP contribution in [0, 0.1) is 0 Å². The Morgan fingerprint density at radius 1 is 1.40 bits per heavy atom. The largest absolute Gasteiger partial charge is 0.313 e. The first kappa shape index (κ1) is 9.24. The van der Waals surface area contributed by atoms with Crippen LogP contribution in [0.3, 0.4) is 0 Å². The van der Waals surface area contributed by atoms with Crippen LogP contribution in [0.25, 0.3) is 0 Å². The number of rotatable bonds is 0. The van der Waals surface area contributed by atoms with Gasteiger partial charge in [0.05, 0.1) is 0 Å². The zero-order chi connectivity index (χ0) is 3.58. The second kappa shape index (κ2) is 4.78. The number of carbonyl (C=O) groups is 1. The highest BCUT2D eigenvalue weighted by Crippen LogP contribution is 1.84. The Morgan fingerprint density at radius 2 is 1.40 bits per heavy atom. The van der Waals surface area contributed by atoms with Crippen molar-refractivity contribution in [3.05, 3.63) is 0 Å². The molecule has 30 valence electrons. The molecule has 0 unspecified atom stereocenters. The maximum Gasteiger partial charge on any atom is 0.313 e. The summed E-state index contributed by atoms with van der Waals surface area (Å²) in [5, 5.41) is 0. The molecule has 5 heavy (non-hydrogen) atoms. The van der Waals surface area contributed by atoms with E-state index in [1.165, 1.54) is 0 Å². The highest BCUT2D eigenvalue weighted by atomic mass is 35.5. The van der Waals surface area contributed by atoms with Gasteiger partial charge in [0.2, 0.25) is 0 Å². The lowest BCUT2D eigenvalue weighted by atomic mass is 11.8. The molecule has 0 amide bonds. The SMILES string of the molecule is O=C(Cl)Cl.[AlH3]. The van der Waals surface area contributed by atoms with E-state index in [0.29, 0.717) is 0 Å². The lowest BCUT2D eigenvalue weighted by molar-refractivity contribution is 0.275. The number of hydrogen-bond donors (Lipinski definition) is 0. The van der Waals surface area contributed by atoms with Crippen LogP contribution >= 0.6 is 23.2 Å². The summed E-state index contributed by atoms with van der Waals surface area (Å²) in [7, 11) is 0. The fraction of sp³-hybridized carbons (Fsp3) is 0. The fourth-order valence-electron chi connectivity index (χ4n) is 0. The summed E-state index contributed by atoms with van der Waals surface area (Å²) in [5.74, 6) is 0. The van der Waals surface area contributed by atoms with Crippen LogP contribution in [-0.2, 0) is 0 Å². The zero-order valence-corrected chi connectivity index (χ0v) is 3.18. The molecular weight excluding hydrogens is 126 g/mol. The molecular formula is CH3AlCl2O. The van der Waals surface area contributed by atoms with Gasteiger partial charge in [0.25, 0.3) is 0 Å². The van der Waals surface area contributed by atoms with Crippen LogP contribution in [0.15, 0.2) is 0 Å². The summed E-state index contributed by atoms with van der Waals surface area (Å²) in [4.78, 5) is 8.98. The maximum atomic E-state index is 8.98. The minimum atomic E-state index is -0.889. The molecule has 0 bridgehead atoms. The molecule has 0 aliphatic heterocycles. The lowest BCUT2D eigenvalue weighted by Crippen LogP contribution is -1.46. The second-order valence-electron chi connectivity index (χ2n) is 0.226. The maximum absolute atomic E-state index is 8.98. The van der Waals surface area contributed by atoms with E-state index in [9.17, 15) is 0 Å². The lowest BCUT2D eigenvalue weighted by Gasteiger charge is -1.48. The molecule has 0 saturated heterocycles. The Morgan fingerprint density at radius 3 is 1.40 bits per heavy atom. The minimum Gasteiger partial charge on any atom is -0.262 e. The first-order chi connectivity index (χ1) is 1.73. The topological polar surface area (TPSA) is 17.1 Å². The van der Waals surface area contributed by atoms with Gasteiger partial charge in [-0.2, -0.15) is 0 Å². The van der Waals surface area contributed by atoms with Crippen molar-refractivity contribution < 1.29 is 4.79 Å². The Labute approximate surface area is 50.4 Å². The van der Waals surface area contributed by atoms with E-state index in [1.807, 2.05) is 0 Å². The summed E-state index contributed by atoms with van der Waals surface area (Å²) in [6.45, 7) is 0. The molecule has 0 aliphatic carbocycles. The number of carbonyl (C=O) groups excluding carboxylic acids is 1. The standard InChI is InChI=1S/CCl2O.Al.3H/c2-1(3)4;;;;. The van der Waals surface area contributed by atoms with Crippen molar-refractivity contribution in [2.75, 3.05) is 0 Å². The molecule has 0 spiro atoms. The molecule has 0 radical (unpaired) electrons. The van der Waals surface area contributed by atoms with E-state index < -0.39 is 4.70 Å². The van der Waals surface area contributed by atoms with E-state index in [0.717, 1.165) is 0 Å². The smallest absolute Gasteiger partial charge is 0.262 e. The van der Waals surface area contributed by atoms with E-state index in [2.05, 4.69) is 23.2 Å². The molecule has 0 heterocycles. The van der Waals surface area contributed by atoms with Crippen LogP contribution in [0.2, 0.25) is 0 Å². The van der Waals surface area contributed by atoms with Gasteiger partial charge in [-0.1, -0.05) is 0 Å². The molecule has 0 fully saturated rings. The predicted octanol–water partition coefficient (Wildman–Crippen LogP) is 0.400. The van der Waals surface area contributed by atoms with Crippen LogP contribution < -0.4 is 0 Å². The number of hydrogen-bond acceptors (Lipinski definition) is 1. The average Bonchev–Trinajstić information content (AvgIpc) is 0.811. The Balaban J connectivity index is 0. The van der Waals surface area contributed by atoms with Crippen molar-refractivity contribution in [1.29, 1.82) is 0 Å². The van der Waals surface area contributed by atoms with Crippen molar-refractivity contribution in [2.24, 2.45) is 0 Å². The fourth-order valence-corrected chi connectivity index (χ4v) is 0. The Hall–Kier alpha value is 0.782. The zero-order valence-electron chi connectivity index (χ0n) is 1.66. The van der Waals surface area contributed by atoms with Crippen LogP contribution in [0.5, 0.6) is 0 Å². The summed E-state index contributed by atoms with van der Waals surface area (Å²) < 4.78 is -0.889. The molecule has 0 N–H and O–H groups in total. The minimum absolute atomic E-state index is 0. The molecule has 4 heteroatoms. The first-order valence-corrected chi connectivity index (χ1v) is 1.34. The van der Waals surface area contributed by atoms with Crippen molar-refractivity contribution in [3.63, 3.8) is 0 Å². The Bertz CT molecular complexity index is 32.6. The average molecular weight is 129 g/mol. The molecule has 0 saturated carbocycles. The van der Waals surface area contributed by atoms with E-state index in [-0.39, 0.29) is 17.4 Å². The third-order valence-electron chi connectivity index (χ3n) is 0. The number of halogens is 2. The highest BCUT2D eigenvalue weighted by molar-refractivity contribution is 6.93. The van der Waals surface area contributed by atoms with Gasteiger partial charge in [0.15, 0.2) is 17.4 Å². The van der Waals surface area contributed by atoms with Crippen molar-refractivity contribution in [1.82, 2.24) is 0 Å². The molecule has 0 aromatic heterocycles. The van der Waals surface area contributed by atoms with Crippen LogP contribution in [-0.4, -0.2) is 22.1 Å². The van der Waals surface area contributed by atoms with Gasteiger partial charge >= 0.3 is 4.70 Å². The third-order valence-corrected chi connectivity index (χ3v) is 0. The highest BCUT2D eigenvalue weighted by Gasteiger charge is 1.72. The quantitative estimate of drug-likeness (QED) is 0.341. The van der Waals surface area contributed by atoms with Gasteiger partial charge in [-0.3, -0.25) is 4.79 Å². The van der Waals surface area contributed by atoms with E-state index in [4.69, 9.17) is 4.79 Å². The molecule has 0 aromatic rings. The predicted molar refractivity (Wildman–Crippen MR) is 27.0 cm³/mol. The van der Waals surface area contributed by atoms with Crippen LogP contribution in [0.1, 0.15) is 0 Å². The summed E-state index contributed by atoms with van der Waals surface area (Å²) in [6, 6.07) is 0. The normalized spacial score (nSPS) is 5.20. The van der Waals surface area contributed by atoms with E-state index in [1.54, 1.807) is 0 Å². The Kier molecular flexibility index (Phi) is 8.84. The van der Waals surface area contributed by atoms with Crippen LogP contribution in [0.4, 0.5) is 4.79 Å². The summed E-state index contributed by atoms with van der Waals surface area (Å²) >= 11 is 8.80. The van der Waals surface area contributed by atoms with E-state index >= 15 is 0 Å². The third kappa shape index (κ3) is 60.5. The van der Waals surface area contributed by atoms with Gasteiger partial charge in [-0.15, -0.1) is 0 Å². The van der Waals surface area contributed by atoms with Gasteiger partial charge in [0, 0.05) is 0 Å². The molecule has 0 aliphatic rings. The molecule has 0 atom stereocenters. The molecule has 0 aromatic carbocycles. The first-order valence-electron chi connectivity index (χ1n) is 0.582. The van der Waals surface area contributed by atoms with Crippen molar-refractivity contribution >= 4 is 45.3 Å².